The fourth-order valence-electron chi connectivity index (χ4n) is 2.90. The number of methoxy groups -OCH3 is 2. The summed E-state index contributed by atoms with van der Waals surface area (Å²) in [7, 11) is 3.17. The third-order valence-corrected chi connectivity index (χ3v) is 4.58. The molecule has 32 heavy (non-hydrogen) atoms. The summed E-state index contributed by atoms with van der Waals surface area (Å²) in [4.78, 5) is 15.7. The van der Waals surface area contributed by atoms with Crippen LogP contribution in [0.2, 0.25) is 0 Å². The highest BCUT2D eigenvalue weighted by molar-refractivity contribution is 5.93. The molecule has 3 rings (SSSR count). The maximum absolute atomic E-state index is 11.5. The minimum atomic E-state index is -0.561. The SMILES string of the molecule is COc1cc(OC)cc(OCC(=Cc2ccc(C(=O)NO)cc2)CNc2cccnc2)c1. The second-order valence-electron chi connectivity index (χ2n) is 6.80. The first-order valence-corrected chi connectivity index (χ1v) is 9.85. The molecule has 1 heterocycles. The van der Waals surface area contributed by atoms with E-state index in [1.165, 1.54) is 0 Å². The van der Waals surface area contributed by atoms with E-state index in [1.54, 1.807) is 74.6 Å². The van der Waals surface area contributed by atoms with Crippen LogP contribution in [0.3, 0.4) is 0 Å². The number of carbonyl (C=O) groups is 1. The van der Waals surface area contributed by atoms with Gasteiger partial charge < -0.3 is 19.5 Å². The van der Waals surface area contributed by atoms with Gasteiger partial charge in [0.05, 0.1) is 19.9 Å². The van der Waals surface area contributed by atoms with Crippen LogP contribution in [0.25, 0.3) is 6.08 Å². The topological polar surface area (TPSA) is 102 Å². The van der Waals surface area contributed by atoms with Crippen molar-refractivity contribution in [3.8, 4) is 17.2 Å². The number of ether oxygens (including phenoxy) is 3. The van der Waals surface area contributed by atoms with Crippen molar-refractivity contribution in [2.45, 2.75) is 0 Å². The number of pyridine rings is 1. The number of anilines is 1. The third kappa shape index (κ3) is 6.48. The molecule has 8 nitrogen and oxygen atoms in total. The molecule has 0 unspecified atom stereocenters. The molecule has 0 aliphatic carbocycles. The Balaban J connectivity index is 1.78. The lowest BCUT2D eigenvalue weighted by molar-refractivity contribution is 0.0706. The van der Waals surface area contributed by atoms with Crippen molar-refractivity contribution < 1.29 is 24.2 Å². The Bertz CT molecular complexity index is 1030. The summed E-state index contributed by atoms with van der Waals surface area (Å²) in [6, 6.07) is 16.0. The highest BCUT2D eigenvalue weighted by Crippen LogP contribution is 2.27. The Morgan fingerprint density at radius 1 is 1.03 bits per heavy atom. The Kier molecular flexibility index (Phi) is 8.05. The first kappa shape index (κ1) is 22.6. The second-order valence-corrected chi connectivity index (χ2v) is 6.80. The molecular formula is C24H25N3O5. The fraction of sp³-hybridized carbons (Fsp3) is 0.167. The Morgan fingerprint density at radius 3 is 2.31 bits per heavy atom. The summed E-state index contributed by atoms with van der Waals surface area (Å²) < 4.78 is 16.6. The molecular weight excluding hydrogens is 410 g/mol. The van der Waals surface area contributed by atoms with E-state index in [0.29, 0.717) is 36.0 Å². The first-order chi connectivity index (χ1) is 15.6. The molecule has 0 fully saturated rings. The molecule has 0 aliphatic rings. The smallest absolute Gasteiger partial charge is 0.274 e. The number of hydroxylamine groups is 1. The number of amides is 1. The molecule has 0 saturated carbocycles. The van der Waals surface area contributed by atoms with Crippen LogP contribution < -0.4 is 25.0 Å². The van der Waals surface area contributed by atoms with E-state index in [1.807, 2.05) is 18.2 Å². The molecule has 8 heteroatoms. The van der Waals surface area contributed by atoms with E-state index < -0.39 is 5.91 Å². The molecule has 0 spiro atoms. The van der Waals surface area contributed by atoms with Gasteiger partial charge in [0.1, 0.15) is 23.9 Å². The van der Waals surface area contributed by atoms with E-state index in [0.717, 1.165) is 16.8 Å². The van der Waals surface area contributed by atoms with Gasteiger partial charge in [0.15, 0.2) is 0 Å². The van der Waals surface area contributed by atoms with E-state index in [9.17, 15) is 4.79 Å². The van der Waals surface area contributed by atoms with Gasteiger partial charge in [-0.3, -0.25) is 15.0 Å². The van der Waals surface area contributed by atoms with Gasteiger partial charge in [0, 0.05) is 42.7 Å². The second kappa shape index (κ2) is 11.4. The van der Waals surface area contributed by atoms with Crippen LogP contribution in [0.5, 0.6) is 17.2 Å². The van der Waals surface area contributed by atoms with Crippen LogP contribution in [-0.4, -0.2) is 43.5 Å². The summed E-state index contributed by atoms with van der Waals surface area (Å²) in [5, 5.41) is 12.1. The molecule has 0 aliphatic heterocycles. The zero-order valence-corrected chi connectivity index (χ0v) is 17.9. The van der Waals surface area contributed by atoms with Gasteiger partial charge in [-0.2, -0.15) is 0 Å². The first-order valence-electron chi connectivity index (χ1n) is 9.85. The predicted molar refractivity (Wildman–Crippen MR) is 121 cm³/mol. The lowest BCUT2D eigenvalue weighted by atomic mass is 10.1. The molecule has 2 aromatic carbocycles. The van der Waals surface area contributed by atoms with Gasteiger partial charge >= 0.3 is 0 Å². The highest BCUT2D eigenvalue weighted by atomic mass is 16.5. The zero-order valence-electron chi connectivity index (χ0n) is 17.9. The molecule has 1 aromatic heterocycles. The van der Waals surface area contributed by atoms with Crippen molar-refractivity contribution in [2.75, 3.05) is 32.7 Å². The molecule has 0 saturated heterocycles. The van der Waals surface area contributed by atoms with Gasteiger partial charge in [0.25, 0.3) is 5.91 Å². The summed E-state index contributed by atoms with van der Waals surface area (Å²) >= 11 is 0. The van der Waals surface area contributed by atoms with Gasteiger partial charge in [0.2, 0.25) is 0 Å². The Hall–Kier alpha value is -4.04. The lowest BCUT2D eigenvalue weighted by Crippen LogP contribution is -2.18. The fourth-order valence-corrected chi connectivity index (χ4v) is 2.90. The van der Waals surface area contributed by atoms with Crippen LogP contribution in [0.1, 0.15) is 15.9 Å². The Morgan fingerprint density at radius 2 is 1.72 bits per heavy atom. The molecule has 0 atom stereocenters. The summed E-state index contributed by atoms with van der Waals surface area (Å²) in [6.07, 6.45) is 5.43. The summed E-state index contributed by atoms with van der Waals surface area (Å²) in [5.41, 5.74) is 4.71. The van der Waals surface area contributed by atoms with E-state index in [4.69, 9.17) is 19.4 Å². The van der Waals surface area contributed by atoms with Crippen LogP contribution >= 0.6 is 0 Å². The number of hydrogen-bond acceptors (Lipinski definition) is 7. The average Bonchev–Trinajstić information content (AvgIpc) is 2.85. The van der Waals surface area contributed by atoms with Gasteiger partial charge in [-0.05, 0) is 35.4 Å². The normalized spacial score (nSPS) is 10.9. The predicted octanol–water partition coefficient (Wildman–Crippen LogP) is 3.79. The van der Waals surface area contributed by atoms with Crippen molar-refractivity contribution in [3.05, 3.63) is 83.7 Å². The minimum absolute atomic E-state index is 0.308. The van der Waals surface area contributed by atoms with E-state index in [2.05, 4.69) is 10.3 Å². The molecule has 0 radical (unpaired) electrons. The van der Waals surface area contributed by atoms with E-state index in [-0.39, 0.29) is 0 Å². The maximum Gasteiger partial charge on any atom is 0.274 e. The molecule has 0 bridgehead atoms. The van der Waals surface area contributed by atoms with Crippen molar-refractivity contribution in [2.24, 2.45) is 0 Å². The molecule has 1 amide bonds. The molecule has 166 valence electrons. The number of rotatable bonds is 10. The monoisotopic (exact) mass is 435 g/mol. The van der Waals surface area contributed by atoms with Gasteiger partial charge in [-0.15, -0.1) is 0 Å². The number of aromatic nitrogens is 1. The number of benzene rings is 2. The quantitative estimate of drug-likeness (QED) is 0.329. The molecule has 3 N–H and O–H groups in total. The molecule has 3 aromatic rings. The lowest BCUT2D eigenvalue weighted by Gasteiger charge is -2.14. The minimum Gasteiger partial charge on any atom is -0.496 e. The largest absolute Gasteiger partial charge is 0.496 e. The van der Waals surface area contributed by atoms with Crippen LogP contribution in [0.15, 0.2) is 72.6 Å². The number of nitrogens with one attached hydrogen (secondary N) is 2. The van der Waals surface area contributed by atoms with Crippen molar-refractivity contribution in [1.82, 2.24) is 10.5 Å². The zero-order chi connectivity index (χ0) is 22.8. The third-order valence-electron chi connectivity index (χ3n) is 4.58. The van der Waals surface area contributed by atoms with Gasteiger partial charge in [-0.25, -0.2) is 5.48 Å². The van der Waals surface area contributed by atoms with Crippen molar-refractivity contribution in [1.29, 1.82) is 0 Å². The highest BCUT2D eigenvalue weighted by Gasteiger charge is 2.07. The number of nitrogens with zero attached hydrogens (tertiary/aromatic N) is 1. The average molecular weight is 435 g/mol. The van der Waals surface area contributed by atoms with Crippen LogP contribution in [-0.2, 0) is 0 Å². The summed E-state index contributed by atoms with van der Waals surface area (Å²) in [5.74, 6) is 1.32. The van der Waals surface area contributed by atoms with E-state index >= 15 is 0 Å². The maximum atomic E-state index is 11.5. The number of carbonyl (C=O) groups excluding carboxylic acids is 1. The van der Waals surface area contributed by atoms with Crippen LogP contribution in [0, 0.1) is 0 Å². The standard InChI is InChI=1S/C24H25N3O5/c1-30-21-11-22(31-2)13-23(12-21)32-16-18(14-26-20-4-3-9-25-15-20)10-17-5-7-19(8-6-17)24(28)27-29/h3-13,15,26,29H,14,16H2,1-2H3,(H,27,28). The van der Waals surface area contributed by atoms with Crippen LogP contribution in [0.4, 0.5) is 5.69 Å². The number of hydrogen-bond donors (Lipinski definition) is 3. The van der Waals surface area contributed by atoms with Crippen molar-refractivity contribution in [3.63, 3.8) is 0 Å². The van der Waals surface area contributed by atoms with Crippen molar-refractivity contribution >= 4 is 17.7 Å². The van der Waals surface area contributed by atoms with Gasteiger partial charge in [-0.1, -0.05) is 18.2 Å². The summed E-state index contributed by atoms with van der Waals surface area (Å²) in [6.45, 7) is 0.828. The Labute approximate surface area is 186 Å².